The van der Waals surface area contributed by atoms with Gasteiger partial charge in [-0.3, -0.25) is 10.4 Å². The van der Waals surface area contributed by atoms with E-state index in [2.05, 4.69) is 27.8 Å². The smallest absolute Gasteiger partial charge is 0.413 e. The first-order chi connectivity index (χ1) is 9.83. The first-order valence-corrected chi connectivity index (χ1v) is 7.59. The zero-order valence-corrected chi connectivity index (χ0v) is 13.3. The Balaban J connectivity index is 1.81. The number of hydrogen-bond acceptors (Lipinski definition) is 4. The van der Waals surface area contributed by atoms with Gasteiger partial charge < -0.3 is 10.1 Å². The molecular weight excluding hydrogens is 268 g/mol. The van der Waals surface area contributed by atoms with Crippen LogP contribution in [0.4, 0.5) is 10.6 Å². The quantitative estimate of drug-likeness (QED) is 0.753. The summed E-state index contributed by atoms with van der Waals surface area (Å²) in [4.78, 5) is 11.8. The van der Waals surface area contributed by atoms with Crippen LogP contribution in [0.2, 0.25) is 0 Å². The molecule has 1 amide bonds. The number of hydrogen-bond donors (Lipinski definition) is 3. The van der Waals surface area contributed by atoms with Gasteiger partial charge in [0.1, 0.15) is 11.4 Å². The molecule has 1 atom stereocenters. The Morgan fingerprint density at radius 2 is 2.24 bits per heavy atom. The molecule has 1 heterocycles. The van der Waals surface area contributed by atoms with Gasteiger partial charge in [0, 0.05) is 18.2 Å². The van der Waals surface area contributed by atoms with Crippen molar-refractivity contribution < 1.29 is 9.53 Å². The van der Waals surface area contributed by atoms with Crippen molar-refractivity contribution in [3.05, 3.63) is 11.8 Å². The van der Waals surface area contributed by atoms with E-state index in [-0.39, 0.29) is 0 Å². The second kappa shape index (κ2) is 6.47. The molecule has 1 saturated carbocycles. The normalized spacial score (nSPS) is 16.6. The maximum Gasteiger partial charge on any atom is 0.413 e. The van der Waals surface area contributed by atoms with Crippen LogP contribution < -0.4 is 10.6 Å². The molecule has 1 unspecified atom stereocenters. The average Bonchev–Trinajstić information content (AvgIpc) is 3.03. The first kappa shape index (κ1) is 15.8. The third kappa shape index (κ3) is 5.75. The molecule has 118 valence electrons. The van der Waals surface area contributed by atoms with Gasteiger partial charge in [0.15, 0.2) is 0 Å². The van der Waals surface area contributed by atoms with Crippen LogP contribution in [-0.2, 0) is 11.3 Å². The molecule has 0 bridgehead atoms. The van der Waals surface area contributed by atoms with E-state index in [1.54, 1.807) is 6.20 Å². The lowest BCUT2D eigenvalue weighted by atomic mass is 10.1. The average molecular weight is 294 g/mol. The van der Waals surface area contributed by atoms with Crippen LogP contribution in [0.15, 0.2) is 6.20 Å². The van der Waals surface area contributed by atoms with Crippen LogP contribution in [0.25, 0.3) is 0 Å². The molecule has 1 aliphatic carbocycles. The van der Waals surface area contributed by atoms with Gasteiger partial charge >= 0.3 is 6.09 Å². The van der Waals surface area contributed by atoms with Crippen molar-refractivity contribution >= 4 is 11.9 Å². The summed E-state index contributed by atoms with van der Waals surface area (Å²) in [5, 5.41) is 13.0. The summed E-state index contributed by atoms with van der Waals surface area (Å²) < 4.78 is 5.23. The van der Waals surface area contributed by atoms with Crippen molar-refractivity contribution in [1.82, 2.24) is 15.5 Å². The monoisotopic (exact) mass is 294 g/mol. The van der Waals surface area contributed by atoms with Crippen LogP contribution in [0.1, 0.15) is 52.5 Å². The molecule has 0 spiro atoms. The Labute approximate surface area is 126 Å². The van der Waals surface area contributed by atoms with Gasteiger partial charge in [-0.05, 0) is 40.0 Å². The highest BCUT2D eigenvalue weighted by molar-refractivity contribution is 5.84. The highest BCUT2D eigenvalue weighted by Gasteiger charge is 2.23. The minimum atomic E-state index is -0.513. The minimum Gasteiger partial charge on any atom is -0.444 e. The predicted octanol–water partition coefficient (Wildman–Crippen LogP) is 3.03. The van der Waals surface area contributed by atoms with Gasteiger partial charge in [0.25, 0.3) is 0 Å². The maximum atomic E-state index is 11.8. The molecule has 0 saturated heterocycles. The van der Waals surface area contributed by atoms with Gasteiger partial charge in [-0.2, -0.15) is 5.10 Å². The van der Waals surface area contributed by atoms with Gasteiger partial charge in [0.2, 0.25) is 0 Å². The number of ether oxygens (including phenoxy) is 1. The fraction of sp³-hybridized carbons (Fsp3) is 0.733. The Bertz CT molecular complexity index is 474. The van der Waals surface area contributed by atoms with Gasteiger partial charge in [0.05, 0.1) is 6.20 Å². The van der Waals surface area contributed by atoms with Gasteiger partial charge in [-0.1, -0.05) is 12.8 Å². The molecule has 1 aromatic rings. The molecule has 2 rings (SSSR count). The van der Waals surface area contributed by atoms with E-state index < -0.39 is 11.7 Å². The SMILES string of the molecule is CC(CC1CC1)NCc1cn[nH]c1NC(=O)OC(C)(C)C. The highest BCUT2D eigenvalue weighted by Crippen LogP contribution is 2.33. The zero-order valence-electron chi connectivity index (χ0n) is 13.3. The third-order valence-corrected chi connectivity index (χ3v) is 3.37. The van der Waals surface area contributed by atoms with E-state index in [1.165, 1.54) is 19.3 Å². The highest BCUT2D eigenvalue weighted by atomic mass is 16.6. The maximum absolute atomic E-state index is 11.8. The summed E-state index contributed by atoms with van der Waals surface area (Å²) >= 11 is 0. The molecule has 0 radical (unpaired) electrons. The van der Waals surface area contributed by atoms with Crippen LogP contribution >= 0.6 is 0 Å². The molecule has 21 heavy (non-hydrogen) atoms. The summed E-state index contributed by atoms with van der Waals surface area (Å²) in [6.45, 7) is 8.37. The number of H-pyrrole nitrogens is 1. The molecule has 0 aromatic carbocycles. The fourth-order valence-corrected chi connectivity index (χ4v) is 2.18. The van der Waals surface area contributed by atoms with Crippen molar-refractivity contribution in [3.63, 3.8) is 0 Å². The van der Waals surface area contributed by atoms with Crippen molar-refractivity contribution in [2.75, 3.05) is 5.32 Å². The van der Waals surface area contributed by atoms with Crippen LogP contribution in [0, 0.1) is 5.92 Å². The lowest BCUT2D eigenvalue weighted by Gasteiger charge is -2.19. The van der Waals surface area contributed by atoms with E-state index in [4.69, 9.17) is 4.74 Å². The largest absolute Gasteiger partial charge is 0.444 e. The van der Waals surface area contributed by atoms with Crippen molar-refractivity contribution in [2.45, 2.75) is 65.1 Å². The summed E-state index contributed by atoms with van der Waals surface area (Å²) in [7, 11) is 0. The minimum absolute atomic E-state index is 0.473. The topological polar surface area (TPSA) is 79.0 Å². The summed E-state index contributed by atoms with van der Waals surface area (Å²) in [6, 6.07) is 0.474. The van der Waals surface area contributed by atoms with Gasteiger partial charge in [-0.15, -0.1) is 0 Å². The number of anilines is 1. The summed E-state index contributed by atoms with van der Waals surface area (Å²) in [5.74, 6) is 1.49. The van der Waals surface area contributed by atoms with E-state index >= 15 is 0 Å². The number of aromatic amines is 1. The van der Waals surface area contributed by atoms with Crippen molar-refractivity contribution in [1.29, 1.82) is 0 Å². The zero-order chi connectivity index (χ0) is 15.5. The number of carbonyl (C=O) groups is 1. The summed E-state index contributed by atoms with van der Waals surface area (Å²) in [5.41, 5.74) is 0.421. The second-order valence-corrected chi connectivity index (χ2v) is 6.86. The molecule has 1 aliphatic rings. The van der Waals surface area contributed by atoms with Crippen LogP contribution in [-0.4, -0.2) is 27.9 Å². The molecular formula is C15H26N4O2. The Hall–Kier alpha value is -1.56. The third-order valence-electron chi connectivity index (χ3n) is 3.37. The molecule has 6 nitrogen and oxygen atoms in total. The molecule has 1 fully saturated rings. The molecule has 3 N–H and O–H groups in total. The number of carbonyl (C=O) groups excluding carboxylic acids is 1. The molecule has 6 heteroatoms. The van der Waals surface area contributed by atoms with E-state index in [0.717, 1.165) is 11.5 Å². The van der Waals surface area contributed by atoms with Crippen LogP contribution in [0.3, 0.4) is 0 Å². The molecule has 0 aliphatic heterocycles. The van der Waals surface area contributed by atoms with Crippen molar-refractivity contribution in [2.24, 2.45) is 5.92 Å². The fourth-order valence-electron chi connectivity index (χ4n) is 2.18. The summed E-state index contributed by atoms with van der Waals surface area (Å²) in [6.07, 6.45) is 5.20. The number of nitrogens with one attached hydrogen (secondary N) is 3. The lowest BCUT2D eigenvalue weighted by Crippen LogP contribution is -2.28. The Morgan fingerprint density at radius 3 is 2.86 bits per heavy atom. The second-order valence-electron chi connectivity index (χ2n) is 6.86. The number of amides is 1. The van der Waals surface area contributed by atoms with E-state index in [9.17, 15) is 4.79 Å². The Morgan fingerprint density at radius 1 is 1.52 bits per heavy atom. The molecule has 1 aromatic heterocycles. The number of rotatable bonds is 6. The van der Waals surface area contributed by atoms with Crippen molar-refractivity contribution in [3.8, 4) is 0 Å². The Kier molecular flexibility index (Phi) is 4.88. The van der Waals surface area contributed by atoms with Gasteiger partial charge in [-0.25, -0.2) is 4.79 Å². The first-order valence-electron chi connectivity index (χ1n) is 7.59. The number of nitrogens with zero attached hydrogens (tertiary/aromatic N) is 1. The van der Waals surface area contributed by atoms with E-state index in [0.29, 0.717) is 18.4 Å². The standard InChI is InChI=1S/C15H26N4O2/c1-10(7-11-5-6-11)16-8-12-9-17-19-13(12)18-14(20)21-15(2,3)4/h9-11,16H,5-8H2,1-4H3,(H2,17,18,19,20). The van der Waals surface area contributed by atoms with Crippen LogP contribution in [0.5, 0.6) is 0 Å². The number of aromatic nitrogens is 2. The predicted molar refractivity (Wildman–Crippen MR) is 82.1 cm³/mol. The lowest BCUT2D eigenvalue weighted by molar-refractivity contribution is 0.0635. The van der Waals surface area contributed by atoms with E-state index in [1.807, 2.05) is 20.8 Å².